The molecule has 0 unspecified atom stereocenters. The number of aryl methyl sites for hydroxylation is 2. The predicted molar refractivity (Wildman–Crippen MR) is 98.0 cm³/mol. The molecule has 4 nitrogen and oxygen atoms in total. The molecule has 2 heterocycles. The average Bonchev–Trinajstić information content (AvgIpc) is 2.57. The van der Waals surface area contributed by atoms with Crippen molar-refractivity contribution in [3.8, 4) is 0 Å². The zero-order valence-electron chi connectivity index (χ0n) is 14.0. The summed E-state index contributed by atoms with van der Waals surface area (Å²) in [5.41, 5.74) is 7.67. The number of benzene rings is 1. The Morgan fingerprint density at radius 3 is 2.35 bits per heavy atom. The minimum Gasteiger partial charge on any atom is -0.278 e. The van der Waals surface area contributed by atoms with Gasteiger partial charge in [-0.05, 0) is 37.6 Å². The summed E-state index contributed by atoms with van der Waals surface area (Å²) in [6.45, 7) is 7.92. The van der Waals surface area contributed by atoms with Crippen molar-refractivity contribution < 1.29 is 0 Å². The fourth-order valence-corrected chi connectivity index (χ4v) is 2.13. The Hall–Kier alpha value is -2.75. The Bertz CT molecular complexity index is 790. The SMILES string of the molecule is CC.Cc1ccc2c(N/N=C/c3ccccc3)cc(C)nc2n1. The summed E-state index contributed by atoms with van der Waals surface area (Å²) in [6.07, 6.45) is 1.79. The van der Waals surface area contributed by atoms with Crippen LogP contribution in [0.5, 0.6) is 0 Å². The van der Waals surface area contributed by atoms with Gasteiger partial charge in [0.05, 0.1) is 11.9 Å². The second kappa shape index (κ2) is 8.03. The highest BCUT2D eigenvalue weighted by Crippen LogP contribution is 2.22. The maximum absolute atomic E-state index is 4.46. The third-order valence-corrected chi connectivity index (χ3v) is 3.14. The summed E-state index contributed by atoms with van der Waals surface area (Å²) in [7, 11) is 0. The van der Waals surface area contributed by atoms with Crippen LogP contribution in [0.25, 0.3) is 11.0 Å². The van der Waals surface area contributed by atoms with Gasteiger partial charge in [-0.2, -0.15) is 5.10 Å². The number of aromatic nitrogens is 2. The van der Waals surface area contributed by atoms with E-state index in [1.807, 2.05) is 76.2 Å². The van der Waals surface area contributed by atoms with Crippen LogP contribution in [0.15, 0.2) is 53.6 Å². The van der Waals surface area contributed by atoms with Crippen LogP contribution in [0.2, 0.25) is 0 Å². The number of anilines is 1. The summed E-state index contributed by atoms with van der Waals surface area (Å²) in [4.78, 5) is 8.92. The lowest BCUT2D eigenvalue weighted by Gasteiger charge is -2.07. The van der Waals surface area contributed by atoms with E-state index >= 15 is 0 Å². The lowest BCUT2D eigenvalue weighted by atomic mass is 10.2. The molecule has 0 aliphatic heterocycles. The smallest absolute Gasteiger partial charge is 0.161 e. The molecular weight excluding hydrogens is 284 g/mol. The first kappa shape index (κ1) is 16.6. The molecule has 2 aromatic heterocycles. The molecule has 0 saturated heterocycles. The number of pyridine rings is 2. The molecule has 0 radical (unpaired) electrons. The lowest BCUT2D eigenvalue weighted by Crippen LogP contribution is -1.96. The highest BCUT2D eigenvalue weighted by molar-refractivity contribution is 5.90. The fraction of sp³-hybridized carbons (Fsp3) is 0.211. The topological polar surface area (TPSA) is 50.2 Å². The molecular formula is C19H22N4. The lowest BCUT2D eigenvalue weighted by molar-refractivity contribution is 1.16. The number of rotatable bonds is 3. The van der Waals surface area contributed by atoms with Gasteiger partial charge in [-0.1, -0.05) is 44.2 Å². The molecule has 118 valence electrons. The van der Waals surface area contributed by atoms with E-state index in [9.17, 15) is 0 Å². The van der Waals surface area contributed by atoms with Crippen LogP contribution < -0.4 is 5.43 Å². The van der Waals surface area contributed by atoms with Gasteiger partial charge in [0.1, 0.15) is 0 Å². The first-order valence-electron chi connectivity index (χ1n) is 7.81. The van der Waals surface area contributed by atoms with Crippen molar-refractivity contribution in [3.05, 3.63) is 65.5 Å². The Balaban J connectivity index is 0.000000924. The van der Waals surface area contributed by atoms with E-state index in [4.69, 9.17) is 0 Å². The van der Waals surface area contributed by atoms with Crippen molar-refractivity contribution in [1.82, 2.24) is 9.97 Å². The highest BCUT2D eigenvalue weighted by atomic mass is 15.3. The highest BCUT2D eigenvalue weighted by Gasteiger charge is 2.04. The molecule has 1 aromatic carbocycles. The molecule has 23 heavy (non-hydrogen) atoms. The molecule has 0 bridgehead atoms. The van der Waals surface area contributed by atoms with Gasteiger partial charge in [0.2, 0.25) is 0 Å². The van der Waals surface area contributed by atoms with E-state index in [2.05, 4.69) is 20.5 Å². The van der Waals surface area contributed by atoms with Crippen molar-refractivity contribution >= 4 is 22.9 Å². The molecule has 0 aliphatic carbocycles. The van der Waals surface area contributed by atoms with Gasteiger partial charge in [-0.3, -0.25) is 5.43 Å². The van der Waals surface area contributed by atoms with Crippen LogP contribution in [0.1, 0.15) is 30.8 Å². The van der Waals surface area contributed by atoms with Gasteiger partial charge in [-0.25, -0.2) is 9.97 Å². The van der Waals surface area contributed by atoms with E-state index in [0.717, 1.165) is 33.7 Å². The minimum absolute atomic E-state index is 0.743. The number of fused-ring (bicyclic) bond motifs is 1. The van der Waals surface area contributed by atoms with Gasteiger partial charge in [0.25, 0.3) is 0 Å². The van der Waals surface area contributed by atoms with Crippen LogP contribution >= 0.6 is 0 Å². The molecule has 3 aromatic rings. The standard InChI is InChI=1S/C17H16N4.C2H6/c1-12-8-9-15-16(10-13(2)20-17(15)19-12)21-18-11-14-6-4-3-5-7-14;1-2/h3-11H,1-2H3,(H,19,20,21);1-2H3/b18-11+;. The molecule has 0 fully saturated rings. The van der Waals surface area contributed by atoms with Crippen LogP contribution in [0.3, 0.4) is 0 Å². The summed E-state index contributed by atoms with van der Waals surface area (Å²) >= 11 is 0. The Morgan fingerprint density at radius 1 is 0.913 bits per heavy atom. The molecule has 4 heteroatoms. The van der Waals surface area contributed by atoms with Crippen LogP contribution in [-0.2, 0) is 0 Å². The van der Waals surface area contributed by atoms with E-state index < -0.39 is 0 Å². The largest absolute Gasteiger partial charge is 0.278 e. The summed E-state index contributed by atoms with van der Waals surface area (Å²) in [5, 5.41) is 5.26. The molecule has 0 saturated carbocycles. The summed E-state index contributed by atoms with van der Waals surface area (Å²) in [5.74, 6) is 0. The minimum atomic E-state index is 0.743. The Morgan fingerprint density at radius 2 is 1.61 bits per heavy atom. The van der Waals surface area contributed by atoms with Crippen LogP contribution in [0, 0.1) is 13.8 Å². The van der Waals surface area contributed by atoms with Gasteiger partial charge >= 0.3 is 0 Å². The first-order valence-corrected chi connectivity index (χ1v) is 7.81. The summed E-state index contributed by atoms with van der Waals surface area (Å²) in [6, 6.07) is 15.9. The molecule has 0 spiro atoms. The number of hydrogen-bond donors (Lipinski definition) is 1. The van der Waals surface area contributed by atoms with Crippen LogP contribution in [-0.4, -0.2) is 16.2 Å². The van der Waals surface area contributed by atoms with Gasteiger partial charge in [0, 0.05) is 16.8 Å². The van der Waals surface area contributed by atoms with Gasteiger partial charge in [-0.15, -0.1) is 0 Å². The zero-order chi connectivity index (χ0) is 16.7. The molecule has 0 aliphatic rings. The number of nitrogens with zero attached hydrogens (tertiary/aromatic N) is 3. The van der Waals surface area contributed by atoms with Gasteiger partial charge < -0.3 is 0 Å². The van der Waals surface area contributed by atoms with Crippen LogP contribution in [0.4, 0.5) is 5.69 Å². The van der Waals surface area contributed by atoms with E-state index in [0.29, 0.717) is 0 Å². The van der Waals surface area contributed by atoms with Gasteiger partial charge in [0.15, 0.2) is 5.65 Å². The maximum atomic E-state index is 4.46. The number of nitrogens with one attached hydrogen (secondary N) is 1. The third kappa shape index (κ3) is 4.36. The fourth-order valence-electron chi connectivity index (χ4n) is 2.13. The first-order chi connectivity index (χ1) is 11.2. The van der Waals surface area contributed by atoms with E-state index in [1.165, 1.54) is 0 Å². The second-order valence-electron chi connectivity index (χ2n) is 4.92. The van der Waals surface area contributed by atoms with E-state index in [-0.39, 0.29) is 0 Å². The van der Waals surface area contributed by atoms with Crippen molar-refractivity contribution in [2.45, 2.75) is 27.7 Å². The molecule has 0 atom stereocenters. The van der Waals surface area contributed by atoms with E-state index in [1.54, 1.807) is 6.21 Å². The Kier molecular flexibility index (Phi) is 5.80. The second-order valence-corrected chi connectivity index (χ2v) is 4.92. The van der Waals surface area contributed by atoms with Crippen molar-refractivity contribution in [1.29, 1.82) is 0 Å². The maximum Gasteiger partial charge on any atom is 0.161 e. The monoisotopic (exact) mass is 306 g/mol. The predicted octanol–water partition coefficient (Wildman–Crippen LogP) is 4.72. The number of hydrogen-bond acceptors (Lipinski definition) is 4. The van der Waals surface area contributed by atoms with Crippen molar-refractivity contribution in [2.24, 2.45) is 5.10 Å². The van der Waals surface area contributed by atoms with Crippen molar-refractivity contribution in [3.63, 3.8) is 0 Å². The third-order valence-electron chi connectivity index (χ3n) is 3.14. The zero-order valence-corrected chi connectivity index (χ0v) is 14.0. The molecule has 1 N–H and O–H groups in total. The molecule has 3 rings (SSSR count). The van der Waals surface area contributed by atoms with Crippen molar-refractivity contribution in [2.75, 3.05) is 5.43 Å². The summed E-state index contributed by atoms with van der Waals surface area (Å²) < 4.78 is 0. The molecule has 0 amide bonds. The number of hydrazone groups is 1. The Labute approximate surface area is 137 Å². The normalized spacial score (nSPS) is 10.4. The quantitative estimate of drug-likeness (QED) is 0.562. The average molecular weight is 306 g/mol.